The average Bonchev–Trinajstić information content (AvgIpc) is 2.54. The Morgan fingerprint density at radius 2 is 1.96 bits per heavy atom. The molecule has 2 aliphatic rings. The molecule has 0 aliphatic carbocycles. The molecule has 0 aromatic rings. The summed E-state index contributed by atoms with van der Waals surface area (Å²) in [5, 5.41) is 6.65. The third-order valence-electron chi connectivity index (χ3n) is 5.52. The van der Waals surface area contributed by atoms with Crippen LogP contribution in [0.3, 0.4) is 0 Å². The highest BCUT2D eigenvalue weighted by Crippen LogP contribution is 2.22. The van der Waals surface area contributed by atoms with E-state index in [4.69, 9.17) is 0 Å². The van der Waals surface area contributed by atoms with Crippen LogP contribution in [0.1, 0.15) is 52.9 Å². The van der Waals surface area contributed by atoms with E-state index in [1.807, 2.05) is 0 Å². The minimum absolute atomic E-state index is 0. The Balaban J connectivity index is 0.00000264. The van der Waals surface area contributed by atoms with Gasteiger partial charge in [0, 0.05) is 25.6 Å². The molecule has 2 N–H and O–H groups in total. The minimum atomic E-state index is 0. The number of carbonyl (C=O) groups is 1. The first-order valence-corrected chi connectivity index (χ1v) is 9.27. The van der Waals surface area contributed by atoms with E-state index in [-0.39, 0.29) is 30.7 Å². The monoisotopic (exact) mass is 381 g/mol. The van der Waals surface area contributed by atoms with Gasteiger partial charge in [0.25, 0.3) is 0 Å². The number of nitrogens with one attached hydrogen (secondary N) is 2. The van der Waals surface area contributed by atoms with E-state index in [0.29, 0.717) is 30.2 Å². The maximum absolute atomic E-state index is 12.2. The lowest BCUT2D eigenvalue weighted by atomic mass is 9.85. The summed E-state index contributed by atoms with van der Waals surface area (Å²) in [6.07, 6.45) is 5.73. The van der Waals surface area contributed by atoms with Crippen LogP contribution < -0.4 is 10.6 Å². The van der Waals surface area contributed by atoms with Crippen LogP contribution >= 0.6 is 24.8 Å². The quantitative estimate of drug-likeness (QED) is 0.742. The molecule has 24 heavy (non-hydrogen) atoms. The van der Waals surface area contributed by atoms with Gasteiger partial charge >= 0.3 is 0 Å². The van der Waals surface area contributed by atoms with Gasteiger partial charge < -0.3 is 15.5 Å². The van der Waals surface area contributed by atoms with Crippen molar-refractivity contribution < 1.29 is 4.79 Å². The molecule has 2 heterocycles. The first-order valence-electron chi connectivity index (χ1n) is 9.27. The normalized spacial score (nSPS) is 26.2. The second-order valence-electron chi connectivity index (χ2n) is 7.69. The molecule has 0 bridgehead atoms. The molecule has 0 saturated carbocycles. The maximum Gasteiger partial charge on any atom is 0.220 e. The lowest BCUT2D eigenvalue weighted by Crippen LogP contribution is -2.44. The van der Waals surface area contributed by atoms with Crippen molar-refractivity contribution in [3.8, 4) is 0 Å². The largest absolute Gasteiger partial charge is 0.356 e. The van der Waals surface area contributed by atoms with E-state index in [2.05, 4.69) is 36.3 Å². The summed E-state index contributed by atoms with van der Waals surface area (Å²) in [5.41, 5.74) is 0. The van der Waals surface area contributed by atoms with Crippen molar-refractivity contribution in [1.82, 2.24) is 15.5 Å². The van der Waals surface area contributed by atoms with Gasteiger partial charge in [0.1, 0.15) is 0 Å². The zero-order chi connectivity index (χ0) is 15.9. The molecule has 0 aromatic heterocycles. The number of nitrogens with zero attached hydrogens (tertiary/aromatic N) is 1. The van der Waals surface area contributed by atoms with Gasteiger partial charge in [-0.3, -0.25) is 4.79 Å². The van der Waals surface area contributed by atoms with Gasteiger partial charge in [-0.25, -0.2) is 0 Å². The average molecular weight is 382 g/mol. The molecule has 3 atom stereocenters. The highest BCUT2D eigenvalue weighted by molar-refractivity contribution is 5.85. The predicted molar refractivity (Wildman–Crippen MR) is 106 cm³/mol. The van der Waals surface area contributed by atoms with Crippen LogP contribution in [0.2, 0.25) is 0 Å². The Morgan fingerprint density at radius 3 is 2.58 bits per heavy atom. The van der Waals surface area contributed by atoms with Crippen LogP contribution in [0.25, 0.3) is 0 Å². The SMILES string of the molecule is CC(CC(=O)NCC1CCCN(C(C)C)C1)C1CCCNC1.Cl.Cl. The van der Waals surface area contributed by atoms with E-state index in [0.717, 1.165) is 26.2 Å². The van der Waals surface area contributed by atoms with Crippen molar-refractivity contribution in [3.05, 3.63) is 0 Å². The molecule has 2 aliphatic heterocycles. The fourth-order valence-electron chi connectivity index (χ4n) is 3.89. The summed E-state index contributed by atoms with van der Waals surface area (Å²) in [7, 11) is 0. The molecule has 0 radical (unpaired) electrons. The Kier molecular flexibility index (Phi) is 12.3. The van der Waals surface area contributed by atoms with Crippen molar-refractivity contribution in [3.63, 3.8) is 0 Å². The Hall–Kier alpha value is -0.0300. The van der Waals surface area contributed by atoms with E-state index in [1.165, 1.54) is 32.2 Å². The molecule has 6 heteroatoms. The lowest BCUT2D eigenvalue weighted by Gasteiger charge is -2.35. The topological polar surface area (TPSA) is 44.4 Å². The molecule has 0 spiro atoms. The van der Waals surface area contributed by atoms with Crippen LogP contribution in [0.15, 0.2) is 0 Å². The van der Waals surface area contributed by atoms with E-state index in [9.17, 15) is 4.79 Å². The van der Waals surface area contributed by atoms with Crippen LogP contribution in [-0.2, 0) is 4.79 Å². The van der Waals surface area contributed by atoms with Crippen LogP contribution in [0.5, 0.6) is 0 Å². The Bertz CT molecular complexity index is 349. The molecule has 144 valence electrons. The molecule has 1 amide bonds. The van der Waals surface area contributed by atoms with E-state index >= 15 is 0 Å². The number of halogens is 2. The highest BCUT2D eigenvalue weighted by atomic mass is 35.5. The van der Waals surface area contributed by atoms with Gasteiger partial charge in [-0.1, -0.05) is 6.92 Å². The number of amides is 1. The summed E-state index contributed by atoms with van der Waals surface area (Å²) < 4.78 is 0. The maximum atomic E-state index is 12.2. The third-order valence-corrected chi connectivity index (χ3v) is 5.52. The molecule has 0 aromatic carbocycles. The molecular formula is C18H37Cl2N3O. The second kappa shape index (κ2) is 12.3. The lowest BCUT2D eigenvalue weighted by molar-refractivity contribution is -0.122. The van der Waals surface area contributed by atoms with Crippen molar-refractivity contribution >= 4 is 30.7 Å². The number of carbonyl (C=O) groups excluding carboxylic acids is 1. The molecule has 2 saturated heterocycles. The fraction of sp³-hybridized carbons (Fsp3) is 0.944. The number of hydrogen-bond acceptors (Lipinski definition) is 3. The number of rotatable bonds is 6. The van der Waals surface area contributed by atoms with Gasteiger partial charge in [-0.05, 0) is 76.9 Å². The Morgan fingerprint density at radius 1 is 1.21 bits per heavy atom. The number of hydrogen-bond donors (Lipinski definition) is 2. The van der Waals surface area contributed by atoms with Gasteiger partial charge in [0.15, 0.2) is 0 Å². The highest BCUT2D eigenvalue weighted by Gasteiger charge is 2.24. The predicted octanol–water partition coefficient (Wildman–Crippen LogP) is 3.09. The van der Waals surface area contributed by atoms with E-state index in [1.54, 1.807) is 0 Å². The van der Waals surface area contributed by atoms with Gasteiger partial charge in [-0.15, -0.1) is 24.8 Å². The van der Waals surface area contributed by atoms with Gasteiger partial charge in [-0.2, -0.15) is 0 Å². The number of likely N-dealkylation sites (tertiary alicyclic amines) is 1. The van der Waals surface area contributed by atoms with Crippen LogP contribution in [-0.4, -0.2) is 49.6 Å². The third kappa shape index (κ3) is 7.90. The summed E-state index contributed by atoms with van der Waals surface area (Å²) >= 11 is 0. The van der Waals surface area contributed by atoms with Crippen molar-refractivity contribution in [1.29, 1.82) is 0 Å². The van der Waals surface area contributed by atoms with Gasteiger partial charge in [0.05, 0.1) is 0 Å². The summed E-state index contributed by atoms with van der Waals surface area (Å²) in [6, 6.07) is 0.623. The standard InChI is InChI=1S/C18H35N3O.2ClH/c1-14(2)21-9-5-6-16(13-21)11-20-18(22)10-15(3)17-7-4-8-19-12-17;;/h14-17,19H,4-13H2,1-3H3,(H,20,22);2*1H. The smallest absolute Gasteiger partial charge is 0.220 e. The summed E-state index contributed by atoms with van der Waals surface area (Å²) in [5.74, 6) is 2.04. The van der Waals surface area contributed by atoms with Gasteiger partial charge in [0.2, 0.25) is 5.91 Å². The van der Waals surface area contributed by atoms with Crippen LogP contribution in [0, 0.1) is 17.8 Å². The molecule has 3 unspecified atom stereocenters. The summed E-state index contributed by atoms with van der Waals surface area (Å²) in [4.78, 5) is 14.7. The molecular weight excluding hydrogens is 345 g/mol. The minimum Gasteiger partial charge on any atom is -0.356 e. The van der Waals surface area contributed by atoms with E-state index < -0.39 is 0 Å². The zero-order valence-electron chi connectivity index (χ0n) is 15.6. The second-order valence-corrected chi connectivity index (χ2v) is 7.69. The Labute approximate surface area is 160 Å². The first kappa shape index (κ1) is 24.0. The zero-order valence-corrected chi connectivity index (χ0v) is 17.2. The first-order chi connectivity index (χ1) is 10.6. The van der Waals surface area contributed by atoms with Crippen molar-refractivity contribution in [2.45, 2.75) is 58.9 Å². The molecule has 4 nitrogen and oxygen atoms in total. The number of piperidine rings is 2. The molecule has 2 fully saturated rings. The fourth-order valence-corrected chi connectivity index (χ4v) is 3.89. The van der Waals surface area contributed by atoms with Crippen LogP contribution in [0.4, 0.5) is 0 Å². The molecule has 2 rings (SSSR count). The van der Waals surface area contributed by atoms with Crippen molar-refractivity contribution in [2.24, 2.45) is 17.8 Å². The van der Waals surface area contributed by atoms with Crippen molar-refractivity contribution in [2.75, 3.05) is 32.7 Å². The summed E-state index contributed by atoms with van der Waals surface area (Å²) in [6.45, 7) is 12.2.